The van der Waals surface area contributed by atoms with Crippen LogP contribution < -0.4 is 5.32 Å². The van der Waals surface area contributed by atoms with Crippen molar-refractivity contribution < 1.29 is 18.3 Å². The summed E-state index contributed by atoms with van der Waals surface area (Å²) in [6.45, 7) is 0.906. The van der Waals surface area contributed by atoms with Crippen molar-refractivity contribution in [3.8, 4) is 0 Å². The van der Waals surface area contributed by atoms with Crippen molar-refractivity contribution in [2.24, 2.45) is 0 Å². The molecule has 0 amide bonds. The third kappa shape index (κ3) is 3.24. The summed E-state index contributed by atoms with van der Waals surface area (Å²) in [7, 11) is 0. The maximum atomic E-state index is 12.9. The Bertz CT molecular complexity index is 210. The van der Waals surface area contributed by atoms with Gasteiger partial charge in [-0.1, -0.05) is 0 Å². The lowest BCUT2D eigenvalue weighted by atomic mass is 9.93. The van der Waals surface area contributed by atoms with E-state index >= 15 is 0 Å². The zero-order valence-corrected chi connectivity index (χ0v) is 9.25. The summed E-state index contributed by atoms with van der Waals surface area (Å²) in [5.41, 5.74) is -0.467. The van der Waals surface area contributed by atoms with Gasteiger partial charge in [0.15, 0.2) is 0 Å². The highest BCUT2D eigenvalue weighted by Gasteiger charge is 2.42. The first-order valence-corrected chi connectivity index (χ1v) is 4.92. The van der Waals surface area contributed by atoms with Crippen molar-refractivity contribution in [3.05, 3.63) is 0 Å². The molecule has 6 heteroatoms. The Kier molecular flexibility index (Phi) is 4.29. The van der Waals surface area contributed by atoms with Crippen LogP contribution in [0.15, 0.2) is 0 Å². The SMILES string of the molecule is Cl.FC1(F)COCC2(CCNCC2)OC1. The molecule has 0 bridgehead atoms. The van der Waals surface area contributed by atoms with Crippen LogP contribution in [0.4, 0.5) is 8.78 Å². The van der Waals surface area contributed by atoms with E-state index in [1.807, 2.05) is 0 Å². The molecular weight excluding hydrogens is 228 g/mol. The second-order valence-electron chi connectivity index (χ2n) is 4.07. The average molecular weight is 244 g/mol. The molecule has 0 aliphatic carbocycles. The summed E-state index contributed by atoms with van der Waals surface area (Å²) in [6, 6.07) is 0. The standard InChI is InChI=1S/C9H15F2NO2.ClH/c10-9(11)6-13-5-8(14-7-9)1-3-12-4-2-8;/h12H,1-7H2;1H. The van der Waals surface area contributed by atoms with Crippen LogP contribution in [0.5, 0.6) is 0 Å². The van der Waals surface area contributed by atoms with Crippen molar-refractivity contribution >= 4 is 12.4 Å². The van der Waals surface area contributed by atoms with Gasteiger partial charge in [-0.05, 0) is 25.9 Å². The molecule has 2 aliphatic rings. The van der Waals surface area contributed by atoms with Crippen molar-refractivity contribution in [1.29, 1.82) is 0 Å². The van der Waals surface area contributed by atoms with E-state index in [2.05, 4.69) is 5.32 Å². The molecule has 0 aromatic heterocycles. The summed E-state index contributed by atoms with van der Waals surface area (Å²) in [5, 5.41) is 3.17. The van der Waals surface area contributed by atoms with E-state index < -0.39 is 24.7 Å². The number of piperidine rings is 1. The quantitative estimate of drug-likeness (QED) is 0.694. The Hall–Kier alpha value is 0.0300. The number of hydrogen-bond donors (Lipinski definition) is 1. The topological polar surface area (TPSA) is 30.5 Å². The lowest BCUT2D eigenvalue weighted by molar-refractivity contribution is -0.124. The molecule has 2 aliphatic heterocycles. The van der Waals surface area contributed by atoms with E-state index in [1.165, 1.54) is 0 Å². The molecule has 15 heavy (non-hydrogen) atoms. The number of halogens is 3. The Morgan fingerprint density at radius 3 is 2.33 bits per heavy atom. The molecular formula is C9H16ClF2NO2. The van der Waals surface area contributed by atoms with Gasteiger partial charge in [0, 0.05) is 0 Å². The molecule has 2 fully saturated rings. The van der Waals surface area contributed by atoms with E-state index in [-0.39, 0.29) is 12.4 Å². The van der Waals surface area contributed by atoms with E-state index in [0.717, 1.165) is 25.9 Å². The first-order valence-electron chi connectivity index (χ1n) is 4.92. The second kappa shape index (κ2) is 4.91. The highest BCUT2D eigenvalue weighted by molar-refractivity contribution is 5.85. The highest BCUT2D eigenvalue weighted by atomic mass is 35.5. The minimum Gasteiger partial charge on any atom is -0.372 e. The van der Waals surface area contributed by atoms with Crippen LogP contribution in [0.2, 0.25) is 0 Å². The number of nitrogens with one attached hydrogen (secondary N) is 1. The average Bonchev–Trinajstić information content (AvgIpc) is 2.29. The number of rotatable bonds is 0. The number of hydrogen-bond acceptors (Lipinski definition) is 3. The third-order valence-corrected chi connectivity index (χ3v) is 2.78. The largest absolute Gasteiger partial charge is 0.372 e. The van der Waals surface area contributed by atoms with Crippen LogP contribution in [-0.4, -0.2) is 44.4 Å². The van der Waals surface area contributed by atoms with Gasteiger partial charge in [0.25, 0.3) is 5.92 Å². The lowest BCUT2D eigenvalue weighted by Crippen LogP contribution is -2.47. The van der Waals surface area contributed by atoms with Crippen LogP contribution in [0.3, 0.4) is 0 Å². The molecule has 2 rings (SSSR count). The Balaban J connectivity index is 0.00000112. The molecule has 0 aromatic rings. The van der Waals surface area contributed by atoms with E-state index in [9.17, 15) is 8.78 Å². The van der Waals surface area contributed by atoms with Gasteiger partial charge in [-0.3, -0.25) is 0 Å². The molecule has 0 radical (unpaired) electrons. The fraction of sp³-hybridized carbons (Fsp3) is 1.00. The molecule has 3 nitrogen and oxygen atoms in total. The molecule has 90 valence electrons. The normalized spacial score (nSPS) is 29.2. The number of ether oxygens (including phenoxy) is 2. The monoisotopic (exact) mass is 243 g/mol. The summed E-state index contributed by atoms with van der Waals surface area (Å²) >= 11 is 0. The first-order chi connectivity index (χ1) is 6.62. The van der Waals surface area contributed by atoms with Gasteiger partial charge in [0.05, 0.1) is 12.2 Å². The highest BCUT2D eigenvalue weighted by Crippen LogP contribution is 2.30. The second-order valence-corrected chi connectivity index (χ2v) is 4.07. The minimum absolute atomic E-state index is 0. The minimum atomic E-state index is -2.83. The van der Waals surface area contributed by atoms with Gasteiger partial charge in [0.2, 0.25) is 0 Å². The van der Waals surface area contributed by atoms with E-state index in [0.29, 0.717) is 6.61 Å². The molecule has 2 saturated heterocycles. The molecule has 1 spiro atoms. The Morgan fingerprint density at radius 2 is 1.67 bits per heavy atom. The molecule has 2 heterocycles. The summed E-state index contributed by atoms with van der Waals surface area (Å²) in [6.07, 6.45) is 1.51. The van der Waals surface area contributed by atoms with E-state index in [1.54, 1.807) is 0 Å². The van der Waals surface area contributed by atoms with Gasteiger partial charge in [0.1, 0.15) is 13.2 Å². The molecule has 0 unspecified atom stereocenters. The van der Waals surface area contributed by atoms with Crippen molar-refractivity contribution in [1.82, 2.24) is 5.32 Å². The van der Waals surface area contributed by atoms with Crippen LogP contribution in [-0.2, 0) is 9.47 Å². The van der Waals surface area contributed by atoms with Crippen LogP contribution in [0.25, 0.3) is 0 Å². The van der Waals surface area contributed by atoms with Crippen molar-refractivity contribution in [2.45, 2.75) is 24.4 Å². The lowest BCUT2D eigenvalue weighted by Gasteiger charge is -2.35. The fourth-order valence-electron chi connectivity index (χ4n) is 1.90. The summed E-state index contributed by atoms with van der Waals surface area (Å²) in [5.74, 6) is -2.83. The number of alkyl halides is 2. The zero-order valence-electron chi connectivity index (χ0n) is 8.43. The van der Waals surface area contributed by atoms with Crippen molar-refractivity contribution in [2.75, 3.05) is 32.9 Å². The molecule has 1 N–H and O–H groups in total. The predicted octanol–water partition coefficient (Wildman–Crippen LogP) is 1.21. The Morgan fingerprint density at radius 1 is 1.00 bits per heavy atom. The van der Waals surface area contributed by atoms with Gasteiger partial charge >= 0.3 is 0 Å². The summed E-state index contributed by atoms with van der Waals surface area (Å²) in [4.78, 5) is 0. The zero-order chi connectivity index (χ0) is 10.1. The van der Waals surface area contributed by atoms with Crippen LogP contribution in [0, 0.1) is 0 Å². The summed E-state index contributed by atoms with van der Waals surface area (Å²) < 4.78 is 36.2. The van der Waals surface area contributed by atoms with Gasteiger partial charge in [-0.2, -0.15) is 0 Å². The van der Waals surface area contributed by atoms with Crippen molar-refractivity contribution in [3.63, 3.8) is 0 Å². The molecule has 0 aromatic carbocycles. The predicted molar refractivity (Wildman–Crippen MR) is 53.8 cm³/mol. The molecule has 0 saturated carbocycles. The van der Waals surface area contributed by atoms with Gasteiger partial charge in [-0.25, -0.2) is 8.78 Å². The molecule has 0 atom stereocenters. The van der Waals surface area contributed by atoms with Gasteiger partial charge < -0.3 is 14.8 Å². The third-order valence-electron chi connectivity index (χ3n) is 2.78. The van der Waals surface area contributed by atoms with Gasteiger partial charge in [-0.15, -0.1) is 12.4 Å². The van der Waals surface area contributed by atoms with Crippen LogP contribution >= 0.6 is 12.4 Å². The first kappa shape index (κ1) is 13.1. The van der Waals surface area contributed by atoms with Crippen LogP contribution in [0.1, 0.15) is 12.8 Å². The maximum absolute atomic E-state index is 12.9. The Labute approximate surface area is 93.9 Å². The van der Waals surface area contributed by atoms with E-state index in [4.69, 9.17) is 9.47 Å². The maximum Gasteiger partial charge on any atom is 0.293 e. The smallest absolute Gasteiger partial charge is 0.293 e. The fourth-order valence-corrected chi connectivity index (χ4v) is 1.90.